The van der Waals surface area contributed by atoms with Crippen LogP contribution in [0.25, 0.3) is 0 Å². The fourth-order valence-corrected chi connectivity index (χ4v) is 1.82. The Morgan fingerprint density at radius 3 is 1.26 bits per heavy atom. The monoisotopic (exact) mass is 251 g/mol. The summed E-state index contributed by atoms with van der Waals surface area (Å²) in [5.74, 6) is 0.134. The van der Waals surface area contributed by atoms with E-state index < -0.39 is 0 Å². The molecule has 2 rings (SSSR count). The van der Waals surface area contributed by atoms with Crippen LogP contribution in [-0.4, -0.2) is 11.6 Å². The summed E-state index contributed by atoms with van der Waals surface area (Å²) in [5.41, 5.74) is 3.48. The molecule has 0 unspecified atom stereocenters. The van der Waals surface area contributed by atoms with Crippen LogP contribution in [0.2, 0.25) is 0 Å². The summed E-state index contributed by atoms with van der Waals surface area (Å²) in [7, 11) is 0. The summed E-state index contributed by atoms with van der Waals surface area (Å²) in [4.78, 5) is 22.3. The molecular formula is C17H15O2. The van der Waals surface area contributed by atoms with Gasteiger partial charge in [-0.05, 0) is 25.0 Å². The van der Waals surface area contributed by atoms with Crippen molar-refractivity contribution < 1.29 is 9.59 Å². The Balaban J connectivity index is 2.12. The molecule has 0 N–H and O–H groups in total. The fraction of sp³-hybridized carbons (Fsp3) is 0.118. The molecule has 0 aliphatic heterocycles. The summed E-state index contributed by atoms with van der Waals surface area (Å²) >= 11 is 0. The Morgan fingerprint density at radius 2 is 1.00 bits per heavy atom. The van der Waals surface area contributed by atoms with Gasteiger partial charge in [0, 0.05) is 17.5 Å². The third kappa shape index (κ3) is 3.38. The zero-order valence-electron chi connectivity index (χ0n) is 11.0. The van der Waals surface area contributed by atoms with E-state index >= 15 is 0 Å². The lowest BCUT2D eigenvalue weighted by molar-refractivity contribution is 0.100. The van der Waals surface area contributed by atoms with E-state index in [1.165, 1.54) is 0 Å². The molecule has 0 bridgehead atoms. The first-order valence-corrected chi connectivity index (χ1v) is 6.13. The van der Waals surface area contributed by atoms with Crippen LogP contribution in [0.15, 0.2) is 48.5 Å². The molecule has 19 heavy (non-hydrogen) atoms. The summed E-state index contributed by atoms with van der Waals surface area (Å²) in [6, 6.07) is 14.9. The Kier molecular flexibility index (Phi) is 3.91. The molecule has 2 nitrogen and oxygen atoms in total. The number of Topliss-reactive ketones (excluding diaryl/α,β-unsaturated/α-hetero) is 2. The maximum atomic E-state index is 11.2. The predicted octanol–water partition coefficient (Wildman–Crippen LogP) is 3.69. The summed E-state index contributed by atoms with van der Waals surface area (Å²) in [5, 5.41) is 0. The first-order chi connectivity index (χ1) is 9.06. The molecule has 0 atom stereocenters. The van der Waals surface area contributed by atoms with Gasteiger partial charge in [-0.25, -0.2) is 0 Å². The van der Waals surface area contributed by atoms with Crippen molar-refractivity contribution >= 4 is 11.6 Å². The molecular weight excluding hydrogens is 236 g/mol. The number of benzene rings is 2. The lowest BCUT2D eigenvalue weighted by Gasteiger charge is -2.03. The molecule has 0 aliphatic rings. The number of ketones is 2. The minimum Gasteiger partial charge on any atom is -0.295 e. The summed E-state index contributed by atoms with van der Waals surface area (Å²) in [6.07, 6.45) is 2.01. The van der Waals surface area contributed by atoms with Crippen molar-refractivity contribution in [3.8, 4) is 0 Å². The Bertz CT molecular complexity index is 537. The van der Waals surface area contributed by atoms with Gasteiger partial charge >= 0.3 is 0 Å². The van der Waals surface area contributed by atoms with Gasteiger partial charge in [-0.1, -0.05) is 48.5 Å². The lowest BCUT2D eigenvalue weighted by Crippen LogP contribution is -1.94. The van der Waals surface area contributed by atoms with Crippen molar-refractivity contribution in [2.45, 2.75) is 13.8 Å². The maximum Gasteiger partial charge on any atom is 0.159 e. The second-order valence-electron chi connectivity index (χ2n) is 4.50. The summed E-state index contributed by atoms with van der Waals surface area (Å²) in [6.45, 7) is 3.11. The zero-order chi connectivity index (χ0) is 13.8. The quantitative estimate of drug-likeness (QED) is 0.776. The number of rotatable bonds is 4. The Morgan fingerprint density at radius 1 is 0.684 bits per heavy atom. The van der Waals surface area contributed by atoms with Gasteiger partial charge in [-0.3, -0.25) is 9.59 Å². The van der Waals surface area contributed by atoms with Crippen molar-refractivity contribution in [1.29, 1.82) is 0 Å². The summed E-state index contributed by atoms with van der Waals surface area (Å²) < 4.78 is 0. The average molecular weight is 251 g/mol. The maximum absolute atomic E-state index is 11.2. The molecule has 1 radical (unpaired) electrons. The third-order valence-corrected chi connectivity index (χ3v) is 2.97. The van der Waals surface area contributed by atoms with E-state index in [4.69, 9.17) is 0 Å². The van der Waals surface area contributed by atoms with Crippen molar-refractivity contribution in [3.05, 3.63) is 77.2 Å². The second-order valence-corrected chi connectivity index (χ2v) is 4.50. The zero-order valence-corrected chi connectivity index (χ0v) is 11.0. The predicted molar refractivity (Wildman–Crippen MR) is 75.4 cm³/mol. The molecule has 95 valence electrons. The molecule has 2 aromatic rings. The molecule has 0 aliphatic carbocycles. The van der Waals surface area contributed by atoms with E-state index in [9.17, 15) is 9.59 Å². The van der Waals surface area contributed by atoms with Crippen molar-refractivity contribution in [2.75, 3.05) is 0 Å². The highest BCUT2D eigenvalue weighted by atomic mass is 16.1. The third-order valence-electron chi connectivity index (χ3n) is 2.97. The van der Waals surface area contributed by atoms with Gasteiger partial charge in [-0.2, -0.15) is 0 Å². The molecule has 0 amide bonds. The second kappa shape index (κ2) is 5.61. The van der Waals surface area contributed by atoms with Crippen molar-refractivity contribution in [2.24, 2.45) is 0 Å². The molecule has 2 aromatic carbocycles. The van der Waals surface area contributed by atoms with Crippen LogP contribution in [0.3, 0.4) is 0 Å². The Hall–Kier alpha value is -2.22. The average Bonchev–Trinajstić information content (AvgIpc) is 2.40. The van der Waals surface area contributed by atoms with Crippen LogP contribution < -0.4 is 0 Å². The van der Waals surface area contributed by atoms with Crippen LogP contribution in [0.4, 0.5) is 0 Å². The van der Waals surface area contributed by atoms with E-state index in [2.05, 4.69) is 0 Å². The highest BCUT2D eigenvalue weighted by Crippen LogP contribution is 2.14. The first kappa shape index (κ1) is 13.2. The van der Waals surface area contributed by atoms with Gasteiger partial charge in [0.05, 0.1) is 0 Å². The van der Waals surface area contributed by atoms with Crippen LogP contribution >= 0.6 is 0 Å². The van der Waals surface area contributed by atoms with E-state index in [-0.39, 0.29) is 11.6 Å². The Labute approximate surface area is 113 Å². The van der Waals surface area contributed by atoms with E-state index in [0.717, 1.165) is 11.1 Å². The number of carbonyl (C=O) groups excluding carboxylic acids is 2. The standard InChI is InChI=1S/C17H15O2/c1-12(18)16-7-3-14(4-8-16)11-15-5-9-17(10-6-15)13(2)19/h3-11H,1-2H3. The smallest absolute Gasteiger partial charge is 0.159 e. The van der Waals surface area contributed by atoms with Gasteiger partial charge in [0.25, 0.3) is 0 Å². The highest BCUT2D eigenvalue weighted by Gasteiger charge is 2.02. The topological polar surface area (TPSA) is 34.1 Å². The molecule has 2 heteroatoms. The van der Waals surface area contributed by atoms with Gasteiger partial charge < -0.3 is 0 Å². The van der Waals surface area contributed by atoms with Crippen LogP contribution in [0, 0.1) is 6.42 Å². The van der Waals surface area contributed by atoms with E-state index in [1.54, 1.807) is 13.8 Å². The van der Waals surface area contributed by atoms with Gasteiger partial charge in [-0.15, -0.1) is 0 Å². The number of hydrogen-bond donors (Lipinski definition) is 0. The molecule has 0 aromatic heterocycles. The number of hydrogen-bond acceptors (Lipinski definition) is 2. The normalized spacial score (nSPS) is 10.2. The molecule has 0 saturated heterocycles. The fourth-order valence-electron chi connectivity index (χ4n) is 1.82. The molecule has 0 spiro atoms. The van der Waals surface area contributed by atoms with E-state index in [1.807, 2.05) is 55.0 Å². The van der Waals surface area contributed by atoms with E-state index in [0.29, 0.717) is 11.1 Å². The van der Waals surface area contributed by atoms with Crippen molar-refractivity contribution in [3.63, 3.8) is 0 Å². The lowest BCUT2D eigenvalue weighted by atomic mass is 10.0. The molecule has 0 saturated carbocycles. The SMILES string of the molecule is CC(=O)c1ccc([CH]c2ccc(C(C)=O)cc2)cc1. The van der Waals surface area contributed by atoms with Gasteiger partial charge in [0.15, 0.2) is 11.6 Å². The minimum atomic E-state index is 0.0670. The van der Waals surface area contributed by atoms with Crippen LogP contribution in [0.1, 0.15) is 45.7 Å². The largest absolute Gasteiger partial charge is 0.295 e. The molecule has 0 heterocycles. The van der Waals surface area contributed by atoms with Gasteiger partial charge in [0.2, 0.25) is 0 Å². The highest BCUT2D eigenvalue weighted by molar-refractivity contribution is 5.94. The van der Waals surface area contributed by atoms with Crippen LogP contribution in [0.5, 0.6) is 0 Å². The van der Waals surface area contributed by atoms with Crippen LogP contribution in [-0.2, 0) is 0 Å². The van der Waals surface area contributed by atoms with Gasteiger partial charge in [0.1, 0.15) is 0 Å². The van der Waals surface area contributed by atoms with Crippen molar-refractivity contribution in [1.82, 2.24) is 0 Å². The number of carbonyl (C=O) groups is 2. The minimum absolute atomic E-state index is 0.0670. The first-order valence-electron chi connectivity index (χ1n) is 6.13. The molecule has 0 fully saturated rings.